The zero-order chi connectivity index (χ0) is 15.5. The van der Waals surface area contributed by atoms with Gasteiger partial charge in [0.15, 0.2) is 17.2 Å². The molecule has 2 aromatic rings. The lowest BCUT2D eigenvalue weighted by Crippen LogP contribution is -2.18. The second kappa shape index (κ2) is 5.85. The number of rotatable bonds is 3. The highest BCUT2D eigenvalue weighted by Crippen LogP contribution is 2.31. The van der Waals surface area contributed by atoms with Crippen molar-refractivity contribution in [1.29, 1.82) is 0 Å². The molecule has 3 rings (SSSR count). The second-order valence-electron chi connectivity index (χ2n) is 4.82. The Hall–Kier alpha value is -2.89. The van der Waals surface area contributed by atoms with E-state index in [0.717, 1.165) is 5.69 Å². The van der Waals surface area contributed by atoms with E-state index in [1.54, 1.807) is 43.5 Å². The zero-order valence-electron chi connectivity index (χ0n) is 11.9. The van der Waals surface area contributed by atoms with E-state index in [-0.39, 0.29) is 5.71 Å². The molecule has 0 unspecified atom stereocenters. The van der Waals surface area contributed by atoms with Gasteiger partial charge in [-0.1, -0.05) is 5.16 Å². The summed E-state index contributed by atoms with van der Waals surface area (Å²) in [6.07, 6.45) is 1.56. The molecular formula is C16H14N2O4. The number of hydrogen-bond acceptors (Lipinski definition) is 6. The molecule has 0 amide bonds. The van der Waals surface area contributed by atoms with E-state index >= 15 is 0 Å². The maximum absolute atomic E-state index is 12.6. The Morgan fingerprint density at radius 2 is 1.91 bits per heavy atom. The maximum atomic E-state index is 12.6. The first-order valence-electron chi connectivity index (χ1n) is 6.78. The number of aryl methyl sites for hydroxylation is 1. The average Bonchev–Trinajstić information content (AvgIpc) is 2.55. The number of ketones is 1. The van der Waals surface area contributed by atoms with Crippen molar-refractivity contribution < 1.29 is 19.5 Å². The van der Waals surface area contributed by atoms with Crippen molar-refractivity contribution in [3.63, 3.8) is 0 Å². The lowest BCUT2D eigenvalue weighted by Gasteiger charge is -2.18. The van der Waals surface area contributed by atoms with Gasteiger partial charge in [-0.3, -0.25) is 9.78 Å². The standard InChI is InChI=1S/C16H14N2O4/c1-10-8-11(4-5-17-10)15(18-20)16(19)12-2-3-13-14(9-12)22-7-6-21-13/h2-5,8-9,20H,6-7H2,1H3. The molecule has 1 aromatic carbocycles. The van der Waals surface area contributed by atoms with Crippen LogP contribution in [0.25, 0.3) is 0 Å². The fourth-order valence-electron chi connectivity index (χ4n) is 2.25. The first-order chi connectivity index (χ1) is 10.7. The SMILES string of the molecule is Cc1cc(C(=NO)C(=O)c2ccc3c(c2)OCCO3)ccn1. The molecule has 0 atom stereocenters. The number of benzene rings is 1. The highest BCUT2D eigenvalue weighted by molar-refractivity contribution is 6.51. The molecule has 0 radical (unpaired) electrons. The largest absolute Gasteiger partial charge is 0.486 e. The number of oxime groups is 1. The van der Waals surface area contributed by atoms with Crippen LogP contribution in [0.3, 0.4) is 0 Å². The molecule has 6 nitrogen and oxygen atoms in total. The van der Waals surface area contributed by atoms with E-state index in [4.69, 9.17) is 9.47 Å². The van der Waals surface area contributed by atoms with Crippen molar-refractivity contribution >= 4 is 11.5 Å². The van der Waals surface area contributed by atoms with Gasteiger partial charge >= 0.3 is 0 Å². The van der Waals surface area contributed by atoms with Gasteiger partial charge in [-0.25, -0.2) is 0 Å². The molecule has 0 fully saturated rings. The Labute approximate surface area is 127 Å². The lowest BCUT2D eigenvalue weighted by atomic mass is 10.0. The topological polar surface area (TPSA) is 81.0 Å². The smallest absolute Gasteiger partial charge is 0.215 e. The quantitative estimate of drug-likeness (QED) is 0.407. The average molecular weight is 298 g/mol. The first kappa shape index (κ1) is 14.1. The van der Waals surface area contributed by atoms with E-state index < -0.39 is 5.78 Å². The van der Waals surface area contributed by atoms with Crippen molar-refractivity contribution in [3.05, 3.63) is 53.3 Å². The molecular weight excluding hydrogens is 284 g/mol. The fraction of sp³-hybridized carbons (Fsp3) is 0.188. The third-order valence-electron chi connectivity index (χ3n) is 3.29. The molecule has 1 aliphatic heterocycles. The van der Waals surface area contributed by atoms with E-state index in [1.165, 1.54) is 0 Å². The van der Waals surface area contributed by atoms with Crippen LogP contribution < -0.4 is 9.47 Å². The highest BCUT2D eigenvalue weighted by atomic mass is 16.6. The molecule has 112 valence electrons. The normalized spacial score (nSPS) is 13.8. The third kappa shape index (κ3) is 2.63. The summed E-state index contributed by atoms with van der Waals surface area (Å²) in [7, 11) is 0. The van der Waals surface area contributed by atoms with Crippen LogP contribution in [0.15, 0.2) is 41.7 Å². The summed E-state index contributed by atoms with van der Waals surface area (Å²) < 4.78 is 10.9. The van der Waals surface area contributed by atoms with E-state index in [9.17, 15) is 10.0 Å². The van der Waals surface area contributed by atoms with Gasteiger partial charge in [0.2, 0.25) is 5.78 Å². The van der Waals surface area contributed by atoms with Crippen LogP contribution in [-0.2, 0) is 0 Å². The molecule has 0 aliphatic carbocycles. The summed E-state index contributed by atoms with van der Waals surface area (Å²) in [5, 5.41) is 12.4. The Balaban J connectivity index is 1.95. The lowest BCUT2D eigenvalue weighted by molar-refractivity contribution is 0.106. The zero-order valence-corrected chi connectivity index (χ0v) is 11.9. The Morgan fingerprint density at radius 3 is 2.64 bits per heavy atom. The van der Waals surface area contributed by atoms with Crippen LogP contribution >= 0.6 is 0 Å². The van der Waals surface area contributed by atoms with Gasteiger partial charge in [0, 0.05) is 23.0 Å². The van der Waals surface area contributed by atoms with Crippen molar-refractivity contribution in [2.75, 3.05) is 13.2 Å². The number of pyridine rings is 1. The molecule has 22 heavy (non-hydrogen) atoms. The Kier molecular flexibility index (Phi) is 3.74. The Morgan fingerprint density at radius 1 is 1.14 bits per heavy atom. The fourth-order valence-corrected chi connectivity index (χ4v) is 2.25. The number of hydrogen-bond donors (Lipinski definition) is 1. The van der Waals surface area contributed by atoms with Gasteiger partial charge in [0.05, 0.1) is 0 Å². The summed E-state index contributed by atoms with van der Waals surface area (Å²) >= 11 is 0. The summed E-state index contributed by atoms with van der Waals surface area (Å²) in [4.78, 5) is 16.6. The van der Waals surface area contributed by atoms with Gasteiger partial charge in [-0.15, -0.1) is 0 Å². The van der Waals surface area contributed by atoms with Crippen LogP contribution in [0.4, 0.5) is 0 Å². The van der Waals surface area contributed by atoms with Gasteiger partial charge in [-0.05, 0) is 37.3 Å². The number of carbonyl (C=O) groups excluding carboxylic acids is 1. The van der Waals surface area contributed by atoms with Gasteiger partial charge in [-0.2, -0.15) is 0 Å². The third-order valence-corrected chi connectivity index (χ3v) is 3.29. The molecule has 0 saturated carbocycles. The van der Waals surface area contributed by atoms with E-state index in [2.05, 4.69) is 10.1 Å². The molecule has 1 N–H and O–H groups in total. The summed E-state index contributed by atoms with van der Waals surface area (Å²) in [6, 6.07) is 8.20. The molecule has 1 aliphatic rings. The monoisotopic (exact) mass is 298 g/mol. The summed E-state index contributed by atoms with van der Waals surface area (Å²) in [5.41, 5.74) is 1.57. The number of carbonyl (C=O) groups is 1. The van der Waals surface area contributed by atoms with Gasteiger partial charge in [0.25, 0.3) is 0 Å². The molecule has 6 heteroatoms. The maximum Gasteiger partial charge on any atom is 0.215 e. The van der Waals surface area contributed by atoms with Crippen molar-refractivity contribution in [1.82, 2.24) is 4.98 Å². The van der Waals surface area contributed by atoms with Crippen LogP contribution in [0.1, 0.15) is 21.6 Å². The second-order valence-corrected chi connectivity index (χ2v) is 4.82. The van der Waals surface area contributed by atoms with Crippen LogP contribution in [0.5, 0.6) is 11.5 Å². The first-order valence-corrected chi connectivity index (χ1v) is 6.78. The molecule has 1 aromatic heterocycles. The van der Waals surface area contributed by atoms with Crippen LogP contribution in [-0.4, -0.2) is 34.9 Å². The Bertz CT molecular complexity index is 756. The van der Waals surface area contributed by atoms with Crippen molar-refractivity contribution in [2.24, 2.45) is 5.16 Å². The number of aromatic nitrogens is 1. The number of ether oxygens (including phenoxy) is 2. The number of fused-ring (bicyclic) bond motifs is 1. The minimum Gasteiger partial charge on any atom is -0.486 e. The highest BCUT2D eigenvalue weighted by Gasteiger charge is 2.20. The van der Waals surface area contributed by atoms with Gasteiger partial charge < -0.3 is 14.7 Å². The summed E-state index contributed by atoms with van der Waals surface area (Å²) in [6.45, 7) is 2.72. The van der Waals surface area contributed by atoms with Crippen molar-refractivity contribution in [2.45, 2.75) is 6.92 Å². The molecule has 0 spiro atoms. The van der Waals surface area contributed by atoms with Crippen LogP contribution in [0, 0.1) is 6.92 Å². The predicted molar refractivity (Wildman–Crippen MR) is 79.1 cm³/mol. The van der Waals surface area contributed by atoms with Crippen molar-refractivity contribution in [3.8, 4) is 11.5 Å². The predicted octanol–water partition coefficient (Wildman–Crippen LogP) is 2.22. The molecule has 2 heterocycles. The number of Topliss-reactive ketones (excluding diaryl/α,β-unsaturated/α-hetero) is 1. The molecule has 0 saturated heterocycles. The van der Waals surface area contributed by atoms with Gasteiger partial charge in [0.1, 0.15) is 13.2 Å². The van der Waals surface area contributed by atoms with Crippen LogP contribution in [0.2, 0.25) is 0 Å². The minimum absolute atomic E-state index is 0.0397. The minimum atomic E-state index is -0.398. The van der Waals surface area contributed by atoms with E-state index in [0.29, 0.717) is 35.8 Å². The molecule has 0 bridgehead atoms. The number of nitrogens with zero attached hydrogens (tertiary/aromatic N) is 2. The summed E-state index contributed by atoms with van der Waals surface area (Å²) in [5.74, 6) is 0.718. The van der Waals surface area contributed by atoms with E-state index in [1.807, 2.05) is 0 Å².